The molecule has 5 nitrogen and oxygen atoms in total. The molecule has 0 aliphatic carbocycles. The smallest absolute Gasteiger partial charge is 0.331 e. The molecule has 0 spiro atoms. The molecule has 1 aliphatic heterocycles. The van der Waals surface area contributed by atoms with Crippen molar-refractivity contribution in [2.75, 3.05) is 12.9 Å². The van der Waals surface area contributed by atoms with Gasteiger partial charge in [0, 0.05) is 5.75 Å². The number of thioether (sulfide) groups is 1. The number of ether oxygens (including phenoxy) is 1. The molecule has 0 saturated heterocycles. The van der Waals surface area contributed by atoms with E-state index in [2.05, 4.69) is 14.7 Å². The van der Waals surface area contributed by atoms with Crippen molar-refractivity contribution in [3.63, 3.8) is 0 Å². The van der Waals surface area contributed by atoms with Gasteiger partial charge in [0.1, 0.15) is 10.8 Å². The number of methoxy groups -OCH3 is 1. The molecule has 2 heterocycles. The molecule has 1 aliphatic rings. The highest BCUT2D eigenvalue weighted by atomic mass is 32.2. The van der Waals surface area contributed by atoms with Crippen molar-refractivity contribution in [1.29, 1.82) is 0 Å². The lowest BCUT2D eigenvalue weighted by Gasteiger charge is -2.00. The van der Waals surface area contributed by atoms with Crippen LogP contribution in [-0.2, 0) is 9.53 Å². The third-order valence-electron chi connectivity index (χ3n) is 2.90. The number of carbonyl (C=O) groups is 1. The van der Waals surface area contributed by atoms with Crippen molar-refractivity contribution in [1.82, 2.24) is 4.98 Å². The zero-order valence-corrected chi connectivity index (χ0v) is 12.8. The Labute approximate surface area is 129 Å². The largest absolute Gasteiger partial charge is 0.508 e. The van der Waals surface area contributed by atoms with E-state index in [1.54, 1.807) is 18.2 Å². The van der Waals surface area contributed by atoms with Gasteiger partial charge in [-0.15, -0.1) is 23.1 Å². The van der Waals surface area contributed by atoms with E-state index < -0.39 is 6.04 Å². The van der Waals surface area contributed by atoms with Crippen molar-refractivity contribution in [2.45, 2.75) is 6.04 Å². The maximum atomic E-state index is 11.4. The first-order valence-electron chi connectivity index (χ1n) is 6.22. The Morgan fingerprint density at radius 2 is 2.33 bits per heavy atom. The van der Waals surface area contributed by atoms with Crippen LogP contribution in [0.2, 0.25) is 0 Å². The number of aromatic nitrogens is 1. The quantitative estimate of drug-likeness (QED) is 0.880. The van der Waals surface area contributed by atoms with Crippen LogP contribution in [0.3, 0.4) is 0 Å². The lowest BCUT2D eigenvalue weighted by molar-refractivity contribution is -0.141. The first-order chi connectivity index (χ1) is 10.2. The lowest BCUT2D eigenvalue weighted by Crippen LogP contribution is -2.19. The number of aliphatic imine (C=N–C) groups is 1. The number of phenolic OH excluding ortho intramolecular Hbond substituents is 1. The van der Waals surface area contributed by atoms with Crippen LogP contribution in [0.4, 0.5) is 0 Å². The second-order valence-corrected chi connectivity index (χ2v) is 6.46. The predicted octanol–water partition coefficient (Wildman–Crippen LogP) is 2.70. The molecule has 0 fully saturated rings. The van der Waals surface area contributed by atoms with Gasteiger partial charge in [-0.2, -0.15) is 0 Å². The molecule has 1 aromatic heterocycles. The van der Waals surface area contributed by atoms with E-state index in [0.29, 0.717) is 5.75 Å². The van der Waals surface area contributed by atoms with E-state index in [-0.39, 0.29) is 11.7 Å². The summed E-state index contributed by atoms with van der Waals surface area (Å²) >= 11 is 3.01. The number of thiazole rings is 1. The van der Waals surface area contributed by atoms with Gasteiger partial charge in [-0.1, -0.05) is 0 Å². The normalized spacial score (nSPS) is 18.3. The van der Waals surface area contributed by atoms with E-state index in [1.165, 1.54) is 30.2 Å². The lowest BCUT2D eigenvalue weighted by atomic mass is 10.3. The number of rotatable bonds is 3. The van der Waals surface area contributed by atoms with Gasteiger partial charge in [0.25, 0.3) is 0 Å². The van der Waals surface area contributed by atoms with Crippen LogP contribution in [0.5, 0.6) is 5.75 Å². The van der Waals surface area contributed by atoms with Crippen LogP contribution >= 0.6 is 23.1 Å². The van der Waals surface area contributed by atoms with Crippen LogP contribution in [0.25, 0.3) is 16.3 Å². The Bertz CT molecular complexity index is 752. The summed E-state index contributed by atoms with van der Waals surface area (Å²) in [6, 6.07) is 4.69. The molecule has 2 aromatic rings. The molecule has 3 rings (SSSR count). The molecular weight excluding hydrogens is 308 g/mol. The first kappa shape index (κ1) is 14.1. The number of carbonyl (C=O) groups excluding carboxylic acids is 1. The second-order valence-electron chi connectivity index (χ2n) is 4.35. The minimum Gasteiger partial charge on any atom is -0.508 e. The van der Waals surface area contributed by atoms with Crippen molar-refractivity contribution in [2.24, 2.45) is 4.99 Å². The van der Waals surface area contributed by atoms with Crippen LogP contribution in [0.1, 0.15) is 5.01 Å². The first-order valence-corrected chi connectivity index (χ1v) is 8.02. The van der Waals surface area contributed by atoms with Gasteiger partial charge in [-0.3, -0.25) is 4.99 Å². The summed E-state index contributed by atoms with van der Waals surface area (Å²) in [5.41, 5.74) is 0.853. The molecule has 0 radical (unpaired) electrons. The van der Waals surface area contributed by atoms with Crippen molar-refractivity contribution in [3.8, 4) is 5.75 Å². The van der Waals surface area contributed by atoms with E-state index in [1.807, 2.05) is 12.2 Å². The number of benzene rings is 1. The average molecular weight is 320 g/mol. The Morgan fingerprint density at radius 3 is 3.14 bits per heavy atom. The fourth-order valence-corrected chi connectivity index (χ4v) is 3.69. The molecule has 0 amide bonds. The molecule has 0 saturated carbocycles. The summed E-state index contributed by atoms with van der Waals surface area (Å²) in [6.07, 6.45) is 3.72. The van der Waals surface area contributed by atoms with E-state index in [9.17, 15) is 9.90 Å². The third kappa shape index (κ3) is 3.08. The Balaban J connectivity index is 1.77. The number of aromatic hydroxyl groups is 1. The highest BCUT2D eigenvalue weighted by Crippen LogP contribution is 2.27. The van der Waals surface area contributed by atoms with Crippen LogP contribution in [0.15, 0.2) is 29.3 Å². The van der Waals surface area contributed by atoms with Gasteiger partial charge in [0.05, 0.1) is 22.4 Å². The fraction of sp³-hybridized carbons (Fsp3) is 0.214. The Morgan fingerprint density at radius 1 is 1.48 bits per heavy atom. The Hall–Kier alpha value is -1.86. The van der Waals surface area contributed by atoms with Gasteiger partial charge in [0.2, 0.25) is 0 Å². The van der Waals surface area contributed by atoms with Gasteiger partial charge in [-0.25, -0.2) is 9.78 Å². The molecule has 1 aromatic carbocycles. The molecule has 1 atom stereocenters. The molecule has 0 bridgehead atoms. The zero-order chi connectivity index (χ0) is 14.8. The molecule has 0 unspecified atom stereocenters. The number of fused-ring (bicyclic) bond motifs is 1. The summed E-state index contributed by atoms with van der Waals surface area (Å²) in [5.74, 6) is 0.541. The van der Waals surface area contributed by atoms with Crippen LogP contribution in [-0.4, -0.2) is 40.0 Å². The number of phenols is 1. The molecule has 108 valence electrons. The molecule has 7 heteroatoms. The van der Waals surface area contributed by atoms with Crippen molar-refractivity contribution < 1.29 is 14.6 Å². The summed E-state index contributed by atoms with van der Waals surface area (Å²) < 4.78 is 5.61. The van der Waals surface area contributed by atoms with Crippen LogP contribution < -0.4 is 0 Å². The summed E-state index contributed by atoms with van der Waals surface area (Å²) in [7, 11) is 1.37. The number of nitrogens with zero attached hydrogens (tertiary/aromatic N) is 2. The predicted molar refractivity (Wildman–Crippen MR) is 86.0 cm³/mol. The maximum Gasteiger partial charge on any atom is 0.331 e. The molecule has 21 heavy (non-hydrogen) atoms. The third-order valence-corrected chi connectivity index (χ3v) is 4.91. The number of hydrogen-bond donors (Lipinski definition) is 1. The summed E-state index contributed by atoms with van der Waals surface area (Å²) in [4.78, 5) is 20.1. The number of esters is 1. The highest BCUT2D eigenvalue weighted by Gasteiger charge is 2.24. The van der Waals surface area contributed by atoms with Gasteiger partial charge >= 0.3 is 5.97 Å². The van der Waals surface area contributed by atoms with Gasteiger partial charge < -0.3 is 9.84 Å². The topological polar surface area (TPSA) is 71.8 Å². The standard InChI is InChI=1S/C14H12N2O3S2/c1-19-14(18)10-7-20-12(16-10)4-5-13-15-9-3-2-8(17)6-11(9)21-13/h2-6,10,17H,7H2,1H3/b5-4+/t10-/m1/s1. The fourth-order valence-electron chi connectivity index (χ4n) is 1.89. The Kier molecular flexibility index (Phi) is 3.94. The molecular formula is C14H12N2O3S2. The summed E-state index contributed by atoms with van der Waals surface area (Å²) in [6.45, 7) is 0. The van der Waals surface area contributed by atoms with E-state index >= 15 is 0 Å². The SMILES string of the molecule is COC(=O)[C@H]1CSC(/C=C/c2nc3ccc(O)cc3s2)=N1. The zero-order valence-electron chi connectivity index (χ0n) is 11.1. The van der Waals surface area contributed by atoms with Crippen LogP contribution in [0, 0.1) is 0 Å². The maximum absolute atomic E-state index is 11.4. The number of hydrogen-bond acceptors (Lipinski definition) is 7. The van der Waals surface area contributed by atoms with Crippen molar-refractivity contribution in [3.05, 3.63) is 29.3 Å². The van der Waals surface area contributed by atoms with Gasteiger partial charge in [0.15, 0.2) is 6.04 Å². The van der Waals surface area contributed by atoms with E-state index in [4.69, 9.17) is 0 Å². The summed E-state index contributed by atoms with van der Waals surface area (Å²) in [5, 5.41) is 11.1. The highest BCUT2D eigenvalue weighted by molar-refractivity contribution is 8.14. The van der Waals surface area contributed by atoms with Crippen molar-refractivity contribution >= 4 is 50.4 Å². The monoisotopic (exact) mass is 320 g/mol. The second kappa shape index (κ2) is 5.87. The van der Waals surface area contributed by atoms with Gasteiger partial charge in [-0.05, 0) is 30.4 Å². The average Bonchev–Trinajstić information content (AvgIpc) is 3.10. The minimum absolute atomic E-state index is 0.235. The molecule has 1 N–H and O–H groups in total. The van der Waals surface area contributed by atoms with E-state index in [0.717, 1.165) is 20.3 Å². The minimum atomic E-state index is -0.410.